The van der Waals surface area contributed by atoms with Gasteiger partial charge in [0.05, 0.1) is 23.9 Å². The highest BCUT2D eigenvalue weighted by Crippen LogP contribution is 2.31. The fourth-order valence-corrected chi connectivity index (χ4v) is 3.92. The minimum Gasteiger partial charge on any atom is -0.366 e. The van der Waals surface area contributed by atoms with Crippen molar-refractivity contribution in [2.45, 2.75) is 52.3 Å². The van der Waals surface area contributed by atoms with E-state index in [0.29, 0.717) is 33.8 Å². The number of carbonyl (C=O) groups excluding carboxylic acids is 1. The van der Waals surface area contributed by atoms with Gasteiger partial charge in [-0.25, -0.2) is 4.98 Å². The summed E-state index contributed by atoms with van der Waals surface area (Å²) in [4.78, 5) is 17.4. The lowest BCUT2D eigenvalue weighted by atomic mass is 9.86. The first-order valence-electron chi connectivity index (χ1n) is 11.3. The molecular weight excluding hydrogens is 453 g/mol. The van der Waals surface area contributed by atoms with Crippen molar-refractivity contribution in [2.24, 2.45) is 0 Å². The number of fused-ring (bicyclic) bond motifs is 1. The third kappa shape index (κ3) is 5.70. The van der Waals surface area contributed by atoms with Crippen molar-refractivity contribution >= 4 is 17.2 Å². The highest BCUT2D eigenvalue weighted by molar-refractivity contribution is 5.97. The number of nitrogens with zero attached hydrogens (tertiary/aromatic N) is 3. The summed E-state index contributed by atoms with van der Waals surface area (Å²) in [6.07, 6.45) is -2.74. The Morgan fingerprint density at radius 1 is 0.971 bits per heavy atom. The largest absolute Gasteiger partial charge is 0.416 e. The van der Waals surface area contributed by atoms with E-state index in [1.807, 2.05) is 24.3 Å². The summed E-state index contributed by atoms with van der Waals surface area (Å²) in [5.41, 5.74) is 3.16. The number of aromatic nitrogens is 3. The van der Waals surface area contributed by atoms with Crippen LogP contribution in [0.3, 0.4) is 0 Å². The maximum Gasteiger partial charge on any atom is 0.416 e. The molecule has 0 aliphatic rings. The zero-order chi connectivity index (χ0) is 25.4. The number of benzene rings is 2. The molecule has 2 aromatic carbocycles. The Morgan fingerprint density at radius 2 is 1.69 bits per heavy atom. The van der Waals surface area contributed by atoms with Crippen molar-refractivity contribution in [3.8, 4) is 0 Å². The number of rotatable bonds is 6. The van der Waals surface area contributed by atoms with E-state index in [1.165, 1.54) is 0 Å². The molecule has 0 aliphatic carbocycles. The molecule has 0 fully saturated rings. The maximum absolute atomic E-state index is 13.2. The second-order valence-corrected chi connectivity index (χ2v) is 9.72. The van der Waals surface area contributed by atoms with Crippen LogP contribution >= 0.6 is 0 Å². The summed E-state index contributed by atoms with van der Waals surface area (Å²) in [5, 5.41) is 7.40. The van der Waals surface area contributed by atoms with E-state index in [2.05, 4.69) is 36.2 Å². The number of aryl methyl sites for hydroxylation is 1. The Morgan fingerprint density at radius 3 is 2.34 bits per heavy atom. The van der Waals surface area contributed by atoms with Gasteiger partial charge in [-0.3, -0.25) is 4.79 Å². The van der Waals surface area contributed by atoms with Crippen LogP contribution in [0.25, 0.3) is 5.65 Å². The normalized spacial score (nSPS) is 12.2. The smallest absolute Gasteiger partial charge is 0.366 e. The number of hydrogen-bond donors (Lipinski definition) is 1. The molecule has 4 rings (SSSR count). The molecule has 0 amide bonds. The van der Waals surface area contributed by atoms with Gasteiger partial charge < -0.3 is 5.32 Å². The van der Waals surface area contributed by atoms with E-state index >= 15 is 0 Å². The molecule has 8 heteroatoms. The molecule has 0 radical (unpaired) electrons. The average molecular weight is 481 g/mol. The minimum absolute atomic E-state index is 0.00506. The summed E-state index contributed by atoms with van der Waals surface area (Å²) in [6.45, 7) is 8.14. The highest BCUT2D eigenvalue weighted by atomic mass is 19.4. The Balaban J connectivity index is 1.56. The lowest BCUT2D eigenvalue weighted by molar-refractivity contribution is -0.137. The van der Waals surface area contributed by atoms with Crippen LogP contribution in [-0.2, 0) is 24.6 Å². The van der Waals surface area contributed by atoms with Crippen LogP contribution in [-0.4, -0.2) is 20.4 Å². The Labute approximate surface area is 202 Å². The van der Waals surface area contributed by atoms with Gasteiger partial charge in [-0.1, -0.05) is 56.7 Å². The van der Waals surface area contributed by atoms with E-state index in [9.17, 15) is 18.0 Å². The molecule has 4 aromatic rings. The van der Waals surface area contributed by atoms with E-state index in [4.69, 9.17) is 0 Å². The molecular formula is C27H27F3N4O. The Kier molecular flexibility index (Phi) is 6.40. The van der Waals surface area contributed by atoms with Gasteiger partial charge in [-0.15, -0.1) is 0 Å². The van der Waals surface area contributed by atoms with Crippen LogP contribution in [0.4, 0.5) is 19.0 Å². The standard InChI is InChI=1S/C27H27F3N4O/c1-17-11-18(13-21(12-17)27(28,29)30)16-31-25-15-22(33-24-9-10-32-34(24)25)14-23(35)19-5-7-20(8-6-19)26(2,3)4/h5-13,15,31H,14,16H2,1-4H3. The molecule has 0 saturated carbocycles. The highest BCUT2D eigenvalue weighted by Gasteiger charge is 2.30. The van der Waals surface area contributed by atoms with Crippen molar-refractivity contribution in [3.05, 3.63) is 94.3 Å². The van der Waals surface area contributed by atoms with Crippen molar-refractivity contribution in [2.75, 3.05) is 5.32 Å². The fraction of sp³-hybridized carbons (Fsp3) is 0.296. The summed E-state index contributed by atoms with van der Waals surface area (Å²) >= 11 is 0. The number of Topliss-reactive ketones (excluding diaryl/α,β-unsaturated/α-hetero) is 1. The zero-order valence-corrected chi connectivity index (χ0v) is 20.1. The van der Waals surface area contributed by atoms with Crippen molar-refractivity contribution < 1.29 is 18.0 Å². The van der Waals surface area contributed by atoms with Crippen molar-refractivity contribution in [1.82, 2.24) is 14.6 Å². The molecule has 2 aromatic heterocycles. The van der Waals surface area contributed by atoms with Gasteiger partial charge in [0.15, 0.2) is 11.4 Å². The molecule has 0 bridgehead atoms. The number of anilines is 1. The molecule has 0 spiro atoms. The first-order chi connectivity index (χ1) is 16.4. The quantitative estimate of drug-likeness (QED) is 0.325. The van der Waals surface area contributed by atoms with Crippen molar-refractivity contribution in [1.29, 1.82) is 0 Å². The molecule has 0 unspecified atom stereocenters. The van der Waals surface area contributed by atoms with Crippen LogP contribution in [0.2, 0.25) is 0 Å². The third-order valence-corrected chi connectivity index (χ3v) is 5.77. The summed E-state index contributed by atoms with van der Waals surface area (Å²) < 4.78 is 41.2. The number of hydrogen-bond acceptors (Lipinski definition) is 4. The summed E-state index contributed by atoms with van der Waals surface area (Å²) in [5.74, 6) is 0.474. The number of ketones is 1. The molecule has 35 heavy (non-hydrogen) atoms. The predicted octanol–water partition coefficient (Wildman–Crippen LogP) is 6.39. The van der Waals surface area contributed by atoms with E-state index in [-0.39, 0.29) is 24.2 Å². The molecule has 0 atom stereocenters. The van der Waals surface area contributed by atoms with Crippen molar-refractivity contribution in [3.63, 3.8) is 0 Å². The van der Waals surface area contributed by atoms with Gasteiger partial charge in [0.25, 0.3) is 0 Å². The minimum atomic E-state index is -4.41. The van der Waals surface area contributed by atoms with E-state index in [1.54, 1.807) is 35.8 Å². The molecule has 1 N–H and O–H groups in total. The lowest BCUT2D eigenvalue weighted by Gasteiger charge is -2.19. The first kappa shape index (κ1) is 24.4. The van der Waals surface area contributed by atoms with Gasteiger partial charge in [-0.05, 0) is 35.6 Å². The Bertz CT molecular complexity index is 1370. The molecule has 182 valence electrons. The maximum atomic E-state index is 13.2. The van der Waals surface area contributed by atoms with Gasteiger partial charge in [0.1, 0.15) is 5.82 Å². The second kappa shape index (κ2) is 9.17. The van der Waals surface area contributed by atoms with Gasteiger partial charge in [-0.2, -0.15) is 22.8 Å². The SMILES string of the molecule is Cc1cc(CNc2cc(CC(=O)c3ccc(C(C)(C)C)cc3)nc3ccnn23)cc(C(F)(F)F)c1. The van der Waals surface area contributed by atoms with Crippen LogP contribution in [0.1, 0.15) is 59.1 Å². The second-order valence-electron chi connectivity index (χ2n) is 9.72. The van der Waals surface area contributed by atoms with Crippen LogP contribution < -0.4 is 5.32 Å². The summed E-state index contributed by atoms with van der Waals surface area (Å²) in [6, 6.07) is 15.0. The van der Waals surface area contributed by atoms with E-state index < -0.39 is 11.7 Å². The third-order valence-electron chi connectivity index (χ3n) is 5.77. The number of carbonyl (C=O) groups is 1. The molecule has 5 nitrogen and oxygen atoms in total. The topological polar surface area (TPSA) is 59.3 Å². The monoisotopic (exact) mass is 480 g/mol. The summed E-state index contributed by atoms with van der Waals surface area (Å²) in [7, 11) is 0. The number of halogens is 3. The van der Waals surface area contributed by atoms with Crippen LogP contribution in [0.5, 0.6) is 0 Å². The fourth-order valence-electron chi connectivity index (χ4n) is 3.92. The van der Waals surface area contributed by atoms with Gasteiger partial charge in [0, 0.05) is 24.2 Å². The van der Waals surface area contributed by atoms with Crippen LogP contribution in [0.15, 0.2) is 60.8 Å². The average Bonchev–Trinajstić information content (AvgIpc) is 3.25. The number of alkyl halides is 3. The van der Waals surface area contributed by atoms with Crippen LogP contribution in [0, 0.1) is 6.92 Å². The number of nitrogens with one attached hydrogen (secondary N) is 1. The zero-order valence-electron chi connectivity index (χ0n) is 20.1. The van der Waals surface area contributed by atoms with Gasteiger partial charge >= 0.3 is 6.18 Å². The Hall–Kier alpha value is -3.68. The molecule has 0 saturated heterocycles. The lowest BCUT2D eigenvalue weighted by Crippen LogP contribution is -2.13. The molecule has 0 aliphatic heterocycles. The molecule has 2 heterocycles. The van der Waals surface area contributed by atoms with Gasteiger partial charge in [0.2, 0.25) is 0 Å². The first-order valence-corrected chi connectivity index (χ1v) is 11.3. The van der Waals surface area contributed by atoms with E-state index in [0.717, 1.165) is 17.7 Å². The predicted molar refractivity (Wildman–Crippen MR) is 130 cm³/mol.